The molecule has 0 aromatic heterocycles. The van der Waals surface area contributed by atoms with Crippen LogP contribution in [0.5, 0.6) is 0 Å². The van der Waals surface area contributed by atoms with Crippen LogP contribution in [0.25, 0.3) is 0 Å². The lowest BCUT2D eigenvalue weighted by atomic mass is 9.99. The molecule has 0 spiro atoms. The lowest BCUT2D eigenvalue weighted by Crippen LogP contribution is -2.55. The van der Waals surface area contributed by atoms with Crippen LogP contribution in [0.4, 0.5) is 0 Å². The molecule has 0 bridgehead atoms. The molecule has 1 aliphatic rings. The minimum Gasteiger partial charge on any atom is -0.378 e. The number of hydrogen-bond acceptors (Lipinski definition) is 4. The Labute approximate surface area is 126 Å². The average molecular weight is 291 g/mol. The fourth-order valence-electron chi connectivity index (χ4n) is 2.86. The molecule has 1 aromatic carbocycles. The molecule has 0 radical (unpaired) electrons. The van der Waals surface area contributed by atoms with E-state index in [0.29, 0.717) is 26.3 Å². The van der Waals surface area contributed by atoms with E-state index in [4.69, 9.17) is 10.5 Å². The van der Waals surface area contributed by atoms with Crippen molar-refractivity contribution in [1.82, 2.24) is 10.2 Å². The van der Waals surface area contributed by atoms with Gasteiger partial charge in [0.05, 0.1) is 13.2 Å². The van der Waals surface area contributed by atoms with E-state index in [1.807, 2.05) is 25.1 Å². The first kappa shape index (κ1) is 15.9. The van der Waals surface area contributed by atoms with Crippen molar-refractivity contribution in [2.75, 3.05) is 32.8 Å². The molecular formula is C16H25N3O2. The Morgan fingerprint density at radius 2 is 2.24 bits per heavy atom. The quantitative estimate of drug-likeness (QED) is 0.817. The molecule has 1 amide bonds. The topological polar surface area (TPSA) is 67.6 Å². The summed E-state index contributed by atoms with van der Waals surface area (Å²) in [5.41, 5.74) is 7.00. The Hall–Kier alpha value is -1.43. The minimum atomic E-state index is -0.240. The van der Waals surface area contributed by atoms with Gasteiger partial charge >= 0.3 is 0 Å². The summed E-state index contributed by atoms with van der Waals surface area (Å²) >= 11 is 0. The van der Waals surface area contributed by atoms with E-state index in [0.717, 1.165) is 13.0 Å². The van der Waals surface area contributed by atoms with E-state index >= 15 is 0 Å². The van der Waals surface area contributed by atoms with Crippen LogP contribution in [0, 0.1) is 0 Å². The first-order valence-electron chi connectivity index (χ1n) is 7.64. The monoisotopic (exact) mass is 291 g/mol. The number of rotatable bonds is 6. The van der Waals surface area contributed by atoms with Gasteiger partial charge in [-0.05, 0) is 25.5 Å². The van der Waals surface area contributed by atoms with Gasteiger partial charge in [0.25, 0.3) is 0 Å². The number of nitrogens with one attached hydrogen (secondary N) is 1. The van der Waals surface area contributed by atoms with E-state index in [1.54, 1.807) is 0 Å². The summed E-state index contributed by atoms with van der Waals surface area (Å²) in [4.78, 5) is 14.5. The standard InChI is InChI=1S/C16H25N3O2/c1-2-18-16(20)15-12-21-11-10-19(15)14(8-9-17)13-6-4-3-5-7-13/h3-7,14-15H,2,8-12,17H2,1H3,(H,18,20). The van der Waals surface area contributed by atoms with Crippen molar-refractivity contribution in [2.45, 2.75) is 25.4 Å². The normalized spacial score (nSPS) is 21.0. The molecule has 116 valence electrons. The van der Waals surface area contributed by atoms with Crippen LogP contribution in [0.1, 0.15) is 24.9 Å². The number of benzene rings is 1. The fourth-order valence-corrected chi connectivity index (χ4v) is 2.86. The number of nitrogens with two attached hydrogens (primary N) is 1. The summed E-state index contributed by atoms with van der Waals surface area (Å²) in [6.45, 7) is 5.01. The van der Waals surface area contributed by atoms with Crippen LogP contribution < -0.4 is 11.1 Å². The predicted octanol–water partition coefficient (Wildman–Crippen LogP) is 0.913. The molecular weight excluding hydrogens is 266 g/mol. The molecule has 2 rings (SSSR count). The van der Waals surface area contributed by atoms with Gasteiger partial charge in [-0.2, -0.15) is 0 Å². The molecule has 1 saturated heterocycles. The van der Waals surface area contributed by atoms with Crippen molar-refractivity contribution in [3.05, 3.63) is 35.9 Å². The zero-order chi connectivity index (χ0) is 15.1. The number of carbonyl (C=O) groups is 1. The fraction of sp³-hybridized carbons (Fsp3) is 0.562. The van der Waals surface area contributed by atoms with Crippen LogP contribution in [-0.2, 0) is 9.53 Å². The van der Waals surface area contributed by atoms with Gasteiger partial charge < -0.3 is 15.8 Å². The SMILES string of the molecule is CCNC(=O)C1COCCN1C(CCN)c1ccccc1. The maximum absolute atomic E-state index is 12.3. The third kappa shape index (κ3) is 4.03. The largest absolute Gasteiger partial charge is 0.378 e. The van der Waals surface area contributed by atoms with Crippen molar-refractivity contribution in [1.29, 1.82) is 0 Å². The highest BCUT2D eigenvalue weighted by Crippen LogP contribution is 2.27. The van der Waals surface area contributed by atoms with E-state index in [9.17, 15) is 4.79 Å². The summed E-state index contributed by atoms with van der Waals surface area (Å²) in [5, 5.41) is 2.90. The number of amides is 1. The highest BCUT2D eigenvalue weighted by atomic mass is 16.5. The number of ether oxygens (including phenoxy) is 1. The summed E-state index contributed by atoms with van der Waals surface area (Å²) in [6, 6.07) is 10.2. The second kappa shape index (κ2) is 8.12. The summed E-state index contributed by atoms with van der Waals surface area (Å²) in [5.74, 6) is 0.0372. The Kier molecular flexibility index (Phi) is 6.17. The summed E-state index contributed by atoms with van der Waals surface area (Å²) in [7, 11) is 0. The lowest BCUT2D eigenvalue weighted by Gasteiger charge is -2.40. The Morgan fingerprint density at radius 3 is 2.90 bits per heavy atom. The van der Waals surface area contributed by atoms with Crippen LogP contribution in [0.2, 0.25) is 0 Å². The van der Waals surface area contributed by atoms with Gasteiger partial charge in [-0.15, -0.1) is 0 Å². The maximum atomic E-state index is 12.3. The van der Waals surface area contributed by atoms with Crippen molar-refractivity contribution in [3.8, 4) is 0 Å². The number of morpholine rings is 1. The summed E-state index contributed by atoms with van der Waals surface area (Å²) in [6.07, 6.45) is 0.833. The van der Waals surface area contributed by atoms with E-state index in [2.05, 4.69) is 22.3 Å². The second-order valence-electron chi connectivity index (χ2n) is 5.23. The molecule has 0 saturated carbocycles. The van der Waals surface area contributed by atoms with Gasteiger partial charge in [0.1, 0.15) is 6.04 Å². The van der Waals surface area contributed by atoms with Gasteiger partial charge in [-0.3, -0.25) is 9.69 Å². The first-order valence-corrected chi connectivity index (χ1v) is 7.64. The Bertz CT molecular complexity index is 438. The molecule has 1 fully saturated rings. The predicted molar refractivity (Wildman–Crippen MR) is 82.9 cm³/mol. The number of nitrogens with zero attached hydrogens (tertiary/aromatic N) is 1. The third-order valence-corrected chi connectivity index (χ3v) is 3.85. The zero-order valence-corrected chi connectivity index (χ0v) is 12.6. The smallest absolute Gasteiger partial charge is 0.239 e. The summed E-state index contributed by atoms with van der Waals surface area (Å²) < 4.78 is 5.51. The molecule has 3 N–H and O–H groups in total. The van der Waals surface area contributed by atoms with E-state index < -0.39 is 0 Å². The van der Waals surface area contributed by atoms with Gasteiger partial charge in [-0.1, -0.05) is 30.3 Å². The first-order chi connectivity index (χ1) is 10.3. The van der Waals surface area contributed by atoms with Gasteiger partial charge in [0.2, 0.25) is 5.91 Å². The molecule has 5 heteroatoms. The van der Waals surface area contributed by atoms with Crippen molar-refractivity contribution >= 4 is 5.91 Å². The van der Waals surface area contributed by atoms with Crippen molar-refractivity contribution in [3.63, 3.8) is 0 Å². The van der Waals surface area contributed by atoms with Crippen molar-refractivity contribution < 1.29 is 9.53 Å². The van der Waals surface area contributed by atoms with Crippen LogP contribution in [-0.4, -0.2) is 49.7 Å². The van der Waals surface area contributed by atoms with Crippen LogP contribution in [0.15, 0.2) is 30.3 Å². The van der Waals surface area contributed by atoms with Gasteiger partial charge in [-0.25, -0.2) is 0 Å². The molecule has 2 unspecified atom stereocenters. The Balaban J connectivity index is 2.21. The molecule has 5 nitrogen and oxygen atoms in total. The molecule has 0 aliphatic carbocycles. The van der Waals surface area contributed by atoms with Crippen LogP contribution >= 0.6 is 0 Å². The van der Waals surface area contributed by atoms with Gasteiger partial charge in [0, 0.05) is 19.1 Å². The molecule has 1 aromatic rings. The highest BCUT2D eigenvalue weighted by molar-refractivity contribution is 5.82. The highest BCUT2D eigenvalue weighted by Gasteiger charge is 2.34. The third-order valence-electron chi connectivity index (χ3n) is 3.85. The van der Waals surface area contributed by atoms with Crippen molar-refractivity contribution in [2.24, 2.45) is 5.73 Å². The van der Waals surface area contributed by atoms with E-state index in [-0.39, 0.29) is 18.0 Å². The molecule has 1 aliphatic heterocycles. The molecule has 2 atom stereocenters. The van der Waals surface area contributed by atoms with E-state index in [1.165, 1.54) is 5.56 Å². The zero-order valence-electron chi connectivity index (χ0n) is 12.6. The number of likely N-dealkylation sites (N-methyl/N-ethyl adjacent to an activating group) is 1. The van der Waals surface area contributed by atoms with Gasteiger partial charge in [0.15, 0.2) is 0 Å². The Morgan fingerprint density at radius 1 is 1.48 bits per heavy atom. The lowest BCUT2D eigenvalue weighted by molar-refractivity contribution is -0.134. The number of hydrogen-bond donors (Lipinski definition) is 2. The van der Waals surface area contributed by atoms with Crippen LogP contribution in [0.3, 0.4) is 0 Å². The molecule has 21 heavy (non-hydrogen) atoms. The average Bonchev–Trinajstić information content (AvgIpc) is 2.54. The number of carbonyl (C=O) groups excluding carboxylic acids is 1. The second-order valence-corrected chi connectivity index (χ2v) is 5.23. The minimum absolute atomic E-state index is 0.0372. The molecule has 1 heterocycles. The maximum Gasteiger partial charge on any atom is 0.239 e.